The van der Waals surface area contributed by atoms with Crippen molar-refractivity contribution in [3.05, 3.63) is 0 Å². The van der Waals surface area contributed by atoms with Gasteiger partial charge in [0.25, 0.3) is 0 Å². The topological polar surface area (TPSA) is 196 Å². The second kappa shape index (κ2) is 25.0. The summed E-state index contributed by atoms with van der Waals surface area (Å²) in [5.41, 5.74) is -2.32. The Hall–Kier alpha value is -3.30. The zero-order chi connectivity index (χ0) is 54.1. The fourth-order valence-corrected chi connectivity index (χ4v) is 11.6. The molecule has 0 spiro atoms. The Kier molecular flexibility index (Phi) is 21.3. The van der Waals surface area contributed by atoms with Crippen LogP contribution in [-0.4, -0.2) is 111 Å². The van der Waals surface area contributed by atoms with Gasteiger partial charge in [0.15, 0.2) is 0 Å². The predicted octanol–water partition coefficient (Wildman–Crippen LogP) is 10.1. The van der Waals surface area contributed by atoms with Crippen molar-refractivity contribution in [3.63, 3.8) is 0 Å². The number of hydrogen-bond donors (Lipinski definition) is 1. The third-order valence-electron chi connectivity index (χ3n) is 17.7. The van der Waals surface area contributed by atoms with Gasteiger partial charge in [-0.1, -0.05) is 27.7 Å². The van der Waals surface area contributed by atoms with E-state index in [0.29, 0.717) is 44.8 Å². The summed E-state index contributed by atoms with van der Waals surface area (Å²) in [5, 5.41) is 8.41. The lowest BCUT2D eigenvalue weighted by Gasteiger charge is -2.61. The molecule has 9 aliphatic rings. The molecular weight excluding hydrogens is 925 g/mol. The molecule has 15 nitrogen and oxygen atoms in total. The Balaban J connectivity index is 0.000000211. The molecule has 0 radical (unpaired) electrons. The third-order valence-corrected chi connectivity index (χ3v) is 17.7. The molecule has 3 aliphatic heterocycles. The first-order valence-electron chi connectivity index (χ1n) is 27.4. The van der Waals surface area contributed by atoms with Crippen molar-refractivity contribution in [2.24, 2.45) is 56.7 Å². The second-order valence-electron chi connectivity index (χ2n) is 25.4. The molecule has 72 heavy (non-hydrogen) atoms. The fourth-order valence-electron chi connectivity index (χ4n) is 11.6. The number of carbonyl (C=O) groups is 6. The van der Waals surface area contributed by atoms with Crippen LogP contribution in [0.15, 0.2) is 0 Å². The van der Waals surface area contributed by atoms with Gasteiger partial charge in [0.2, 0.25) is 6.10 Å². The normalized spacial score (nSPS) is 30.2. The predicted molar refractivity (Wildman–Crippen MR) is 271 cm³/mol. The lowest BCUT2D eigenvalue weighted by molar-refractivity contribution is -0.206. The SMILES string of the molecule is CCC(C)(C)C(=O)OC(C)(C)C12CC3CC(CC(C3)C1)C2.CCC(C)(C)C(=O)OC12CC3CC(C1)OC(=O)C(C3)C2.CCC(C)(C)C(=O)OC1CC(COC)OC1=O.CCC(C)(C)C(=O)OCCOCCO. The monoisotopic (exact) mass is 1020 g/mol. The first-order valence-corrected chi connectivity index (χ1v) is 27.4. The smallest absolute Gasteiger partial charge is 0.347 e. The quantitative estimate of drug-likeness (QED) is 0.0728. The summed E-state index contributed by atoms with van der Waals surface area (Å²) in [6.07, 6.45) is 14.5. The first kappa shape index (κ1) is 61.2. The van der Waals surface area contributed by atoms with E-state index < -0.39 is 33.9 Å². The average molecular weight is 1020 g/mol. The van der Waals surface area contributed by atoms with Crippen molar-refractivity contribution in [1.82, 2.24) is 0 Å². The highest BCUT2D eigenvalue weighted by Crippen LogP contribution is 2.64. The molecule has 0 aromatic rings. The van der Waals surface area contributed by atoms with Gasteiger partial charge in [-0.2, -0.15) is 0 Å². The molecule has 3 heterocycles. The maximum Gasteiger partial charge on any atom is 0.347 e. The van der Waals surface area contributed by atoms with Crippen LogP contribution in [0.2, 0.25) is 0 Å². The minimum Gasteiger partial charge on any atom is -0.463 e. The van der Waals surface area contributed by atoms with Crippen LogP contribution < -0.4 is 0 Å². The molecule has 0 amide bonds. The molecule has 0 aromatic heterocycles. The standard InChI is InChI=1S/C19H32O2.C16H24O4.C12H20O5.C10H20O4/c1-6-17(2,3)16(20)21-18(4,5)19-10-13-7-14(11-19)9-15(8-13)12-19;1-4-15(2,3)14(18)20-16-7-10-5-11(8-16)13(17)19-12(6-10)9-16;1-5-12(2,3)11(14)17-9-6-8(7-15-4)16-10(9)13;1-4-10(2,3)9(12)14-8-7-13-6-5-11/h13-15H,6-12H2,1-5H3;10-12H,4-9H2,1-3H3;8-9H,5-7H2,1-4H3;11H,4-8H2,1-3H3. The van der Waals surface area contributed by atoms with E-state index in [1.54, 1.807) is 13.8 Å². The van der Waals surface area contributed by atoms with Gasteiger partial charge in [-0.3, -0.25) is 24.0 Å². The number of esters is 6. The van der Waals surface area contributed by atoms with E-state index in [2.05, 4.69) is 20.8 Å². The van der Waals surface area contributed by atoms with Crippen LogP contribution in [0, 0.1) is 56.7 Å². The Morgan fingerprint density at radius 2 is 1.10 bits per heavy atom. The number of aliphatic hydroxyl groups is 1. The highest BCUT2D eigenvalue weighted by Gasteiger charge is 2.59. The van der Waals surface area contributed by atoms with E-state index in [-0.39, 0.29) is 84.2 Å². The average Bonchev–Trinajstić information content (AvgIpc) is 3.56. The number of cyclic esters (lactones) is 1. The molecule has 0 aromatic carbocycles. The van der Waals surface area contributed by atoms with E-state index in [1.165, 1.54) is 45.6 Å². The highest BCUT2D eigenvalue weighted by molar-refractivity contribution is 5.83. The minimum atomic E-state index is -0.784. The Labute approximate surface area is 432 Å². The van der Waals surface area contributed by atoms with Crippen molar-refractivity contribution in [3.8, 4) is 0 Å². The largest absolute Gasteiger partial charge is 0.463 e. The van der Waals surface area contributed by atoms with Gasteiger partial charge in [-0.05, 0) is 176 Å². The van der Waals surface area contributed by atoms with Crippen LogP contribution in [0.4, 0.5) is 0 Å². The van der Waals surface area contributed by atoms with Crippen LogP contribution in [-0.2, 0) is 66.7 Å². The molecule has 15 heteroatoms. The first-order chi connectivity index (χ1) is 33.5. The van der Waals surface area contributed by atoms with E-state index in [9.17, 15) is 28.8 Å². The van der Waals surface area contributed by atoms with Crippen molar-refractivity contribution < 1.29 is 71.8 Å². The summed E-state index contributed by atoms with van der Waals surface area (Å²) in [5.74, 6) is 1.83. The summed E-state index contributed by atoms with van der Waals surface area (Å²) >= 11 is 0. The van der Waals surface area contributed by atoms with Crippen molar-refractivity contribution >= 4 is 35.8 Å². The molecule has 414 valence electrons. The zero-order valence-corrected chi connectivity index (χ0v) is 47.1. The summed E-state index contributed by atoms with van der Waals surface area (Å²) in [6, 6.07) is 0. The van der Waals surface area contributed by atoms with Gasteiger partial charge in [0, 0.05) is 31.8 Å². The van der Waals surface area contributed by atoms with E-state index in [0.717, 1.165) is 56.3 Å². The Bertz CT molecular complexity index is 1810. The molecule has 8 bridgehead atoms. The Morgan fingerprint density at radius 1 is 0.583 bits per heavy atom. The maximum absolute atomic E-state index is 12.6. The molecule has 6 atom stereocenters. The summed E-state index contributed by atoms with van der Waals surface area (Å²) in [7, 11) is 1.54. The summed E-state index contributed by atoms with van der Waals surface area (Å²) in [4.78, 5) is 71.6. The zero-order valence-electron chi connectivity index (χ0n) is 47.1. The van der Waals surface area contributed by atoms with Crippen LogP contribution in [0.1, 0.15) is 200 Å². The minimum absolute atomic E-state index is 0.00556. The van der Waals surface area contributed by atoms with Gasteiger partial charge in [-0.25, -0.2) is 4.79 Å². The number of ether oxygens (including phenoxy) is 8. The Morgan fingerprint density at radius 3 is 1.62 bits per heavy atom. The molecular formula is C57H96O15. The lowest BCUT2D eigenvalue weighted by Crippen LogP contribution is -2.58. The molecule has 6 aliphatic carbocycles. The summed E-state index contributed by atoms with van der Waals surface area (Å²) in [6.45, 7) is 28.6. The summed E-state index contributed by atoms with van der Waals surface area (Å²) < 4.78 is 42.7. The van der Waals surface area contributed by atoms with Crippen LogP contribution in [0.25, 0.3) is 0 Å². The van der Waals surface area contributed by atoms with Gasteiger partial charge >= 0.3 is 35.8 Å². The van der Waals surface area contributed by atoms with Crippen molar-refractivity contribution in [1.29, 1.82) is 0 Å². The molecule has 9 rings (SSSR count). The van der Waals surface area contributed by atoms with Crippen molar-refractivity contribution in [2.75, 3.05) is 40.1 Å². The molecule has 3 saturated heterocycles. The second-order valence-corrected chi connectivity index (χ2v) is 25.4. The number of carbonyl (C=O) groups excluding carboxylic acids is 6. The molecule has 6 saturated carbocycles. The van der Waals surface area contributed by atoms with Gasteiger partial charge in [0.05, 0.1) is 54.0 Å². The number of rotatable bonds is 19. The highest BCUT2D eigenvalue weighted by atomic mass is 16.6. The lowest BCUT2D eigenvalue weighted by atomic mass is 9.46. The van der Waals surface area contributed by atoms with Gasteiger partial charge < -0.3 is 43.0 Å². The van der Waals surface area contributed by atoms with Crippen molar-refractivity contribution in [2.45, 2.75) is 229 Å². The van der Waals surface area contributed by atoms with E-state index in [4.69, 9.17) is 43.0 Å². The van der Waals surface area contributed by atoms with Gasteiger partial charge in [-0.15, -0.1) is 0 Å². The molecule has 9 fully saturated rings. The maximum atomic E-state index is 12.6. The van der Waals surface area contributed by atoms with E-state index >= 15 is 0 Å². The van der Waals surface area contributed by atoms with Crippen LogP contribution in [0.5, 0.6) is 0 Å². The third kappa shape index (κ3) is 15.6. The van der Waals surface area contributed by atoms with E-state index in [1.807, 2.05) is 62.3 Å². The number of fused-ring (bicyclic) bond motifs is 1. The van der Waals surface area contributed by atoms with Gasteiger partial charge in [0.1, 0.15) is 30.0 Å². The van der Waals surface area contributed by atoms with Crippen LogP contribution in [0.3, 0.4) is 0 Å². The molecule has 6 unspecified atom stereocenters. The number of aliphatic hydroxyl groups excluding tert-OH is 1. The number of hydrogen-bond acceptors (Lipinski definition) is 15. The molecule has 1 N–H and O–H groups in total. The number of methoxy groups -OCH3 is 1. The fraction of sp³-hybridized carbons (Fsp3) is 0.895. The van der Waals surface area contributed by atoms with Crippen LogP contribution >= 0.6 is 0 Å².